The van der Waals surface area contributed by atoms with Crippen molar-refractivity contribution in [1.29, 1.82) is 0 Å². The summed E-state index contributed by atoms with van der Waals surface area (Å²) in [5, 5.41) is 15.9. The first-order valence-corrected chi connectivity index (χ1v) is 9.43. The van der Waals surface area contributed by atoms with E-state index in [4.69, 9.17) is 52.5 Å². The Hall–Kier alpha value is -1.54. The third kappa shape index (κ3) is 9.81. The molecule has 1 heterocycles. The number of benzene rings is 1. The molecule has 1 aromatic carbocycles. The Labute approximate surface area is 168 Å². The maximum Gasteiger partial charge on any atom is 0.414 e. The van der Waals surface area contributed by atoms with E-state index < -0.39 is 11.9 Å². The molecule has 1 atom stereocenters. The summed E-state index contributed by atoms with van der Waals surface area (Å²) in [5.74, 6) is -2.33. The first kappa shape index (κ1) is 23.5. The monoisotopic (exact) mass is 421 g/mol. The quantitative estimate of drug-likeness (QED) is 0.651. The van der Waals surface area contributed by atoms with Gasteiger partial charge in [-0.05, 0) is 18.6 Å². The van der Waals surface area contributed by atoms with Gasteiger partial charge in [-0.25, -0.2) is 9.59 Å². The van der Waals surface area contributed by atoms with Gasteiger partial charge < -0.3 is 19.7 Å². The largest absolute Gasteiger partial charge is 0.493 e. The molecule has 2 rings (SSSR count). The lowest BCUT2D eigenvalue weighted by atomic mass is 10.0. The van der Waals surface area contributed by atoms with Gasteiger partial charge >= 0.3 is 11.9 Å². The highest BCUT2D eigenvalue weighted by Gasteiger charge is 2.17. The Balaban J connectivity index is 0.000000527. The summed E-state index contributed by atoms with van der Waals surface area (Å²) in [7, 11) is 0. The molecule has 2 N–H and O–H groups in total. The molecule has 0 spiro atoms. The fourth-order valence-electron chi connectivity index (χ4n) is 2.57. The highest BCUT2D eigenvalue weighted by Crippen LogP contribution is 2.26. The van der Waals surface area contributed by atoms with Gasteiger partial charge in [-0.3, -0.25) is 4.90 Å². The second kappa shape index (κ2) is 12.8. The molecule has 0 saturated carbocycles. The summed E-state index contributed by atoms with van der Waals surface area (Å²) in [6.45, 7) is 7.71. The SMILES string of the molecule is CCCC(COc1ccc(Cl)c(Cl)c1)CN1CCOCC1.O=C(O)C(=O)O. The molecule has 0 bridgehead atoms. The second-order valence-electron chi connectivity index (χ2n) is 6.06. The van der Waals surface area contributed by atoms with Crippen LogP contribution in [0.5, 0.6) is 5.75 Å². The Bertz CT molecular complexity index is 596. The Morgan fingerprint density at radius 1 is 1.19 bits per heavy atom. The van der Waals surface area contributed by atoms with Crippen molar-refractivity contribution in [2.75, 3.05) is 39.5 Å². The second-order valence-corrected chi connectivity index (χ2v) is 6.88. The Morgan fingerprint density at radius 2 is 1.81 bits per heavy atom. The lowest BCUT2D eigenvalue weighted by Gasteiger charge is -2.30. The van der Waals surface area contributed by atoms with Crippen molar-refractivity contribution in [2.45, 2.75) is 19.8 Å². The summed E-state index contributed by atoms with van der Waals surface area (Å²) in [6, 6.07) is 5.42. The lowest BCUT2D eigenvalue weighted by molar-refractivity contribution is -0.159. The number of carbonyl (C=O) groups is 2. The van der Waals surface area contributed by atoms with Gasteiger partial charge in [-0.2, -0.15) is 0 Å². The predicted molar refractivity (Wildman–Crippen MR) is 103 cm³/mol. The summed E-state index contributed by atoms with van der Waals surface area (Å²) in [5.41, 5.74) is 0. The molecule has 1 aromatic rings. The number of halogens is 2. The number of carboxylic acid groups (broad SMARTS) is 2. The van der Waals surface area contributed by atoms with Crippen molar-refractivity contribution in [1.82, 2.24) is 4.90 Å². The fourth-order valence-corrected chi connectivity index (χ4v) is 2.85. The van der Waals surface area contributed by atoms with Crippen LogP contribution in [0.1, 0.15) is 19.8 Å². The molecular weight excluding hydrogens is 397 g/mol. The van der Waals surface area contributed by atoms with Crippen LogP contribution in [0.3, 0.4) is 0 Å². The van der Waals surface area contributed by atoms with Gasteiger partial charge in [0.15, 0.2) is 0 Å². The molecular formula is C18H25Cl2NO6. The first-order chi connectivity index (χ1) is 12.8. The number of morpholine rings is 1. The van der Waals surface area contributed by atoms with Gasteiger partial charge in [0.05, 0.1) is 29.9 Å². The van der Waals surface area contributed by atoms with E-state index in [9.17, 15) is 0 Å². The van der Waals surface area contributed by atoms with Gasteiger partial charge in [0, 0.05) is 31.6 Å². The van der Waals surface area contributed by atoms with E-state index in [1.807, 2.05) is 6.07 Å². The van der Waals surface area contributed by atoms with Gasteiger partial charge in [0.1, 0.15) is 5.75 Å². The zero-order chi connectivity index (χ0) is 20.2. The zero-order valence-electron chi connectivity index (χ0n) is 15.2. The molecule has 1 saturated heterocycles. The number of carboxylic acids is 2. The Kier molecular flexibility index (Phi) is 11.1. The van der Waals surface area contributed by atoms with Crippen molar-refractivity contribution >= 4 is 35.1 Å². The number of nitrogens with zero attached hydrogens (tertiary/aromatic N) is 1. The summed E-state index contributed by atoms with van der Waals surface area (Å²) >= 11 is 11.9. The topological polar surface area (TPSA) is 96.3 Å². The average Bonchev–Trinajstić information content (AvgIpc) is 2.64. The number of hydrogen-bond acceptors (Lipinski definition) is 5. The molecule has 0 radical (unpaired) electrons. The van der Waals surface area contributed by atoms with Crippen LogP contribution in [0.25, 0.3) is 0 Å². The van der Waals surface area contributed by atoms with Crippen LogP contribution >= 0.6 is 23.2 Å². The fraction of sp³-hybridized carbons (Fsp3) is 0.556. The average molecular weight is 422 g/mol. The molecule has 7 nitrogen and oxygen atoms in total. The van der Waals surface area contributed by atoms with Crippen molar-refractivity contribution in [3.8, 4) is 5.75 Å². The molecule has 27 heavy (non-hydrogen) atoms. The van der Waals surface area contributed by atoms with Crippen molar-refractivity contribution < 1.29 is 29.3 Å². The van der Waals surface area contributed by atoms with Crippen molar-refractivity contribution in [2.24, 2.45) is 5.92 Å². The summed E-state index contributed by atoms with van der Waals surface area (Å²) < 4.78 is 11.3. The normalized spacial score (nSPS) is 15.4. The third-order valence-corrected chi connectivity index (χ3v) is 4.62. The molecule has 0 aliphatic carbocycles. The molecule has 1 aliphatic heterocycles. The van der Waals surface area contributed by atoms with Gasteiger partial charge in [0.25, 0.3) is 0 Å². The molecule has 1 unspecified atom stereocenters. The standard InChI is InChI=1S/C16H23Cl2NO2.C2H2O4/c1-2-3-13(11-19-6-8-20-9-7-19)12-21-14-4-5-15(17)16(18)10-14;3-1(4)2(5)6/h4-5,10,13H,2-3,6-9,11-12H2,1H3;(H,3,4)(H,5,6). The Morgan fingerprint density at radius 3 is 2.33 bits per heavy atom. The van der Waals surface area contributed by atoms with E-state index in [1.54, 1.807) is 12.1 Å². The number of aliphatic carboxylic acids is 2. The molecule has 1 aliphatic rings. The molecule has 152 valence electrons. The minimum absolute atomic E-state index is 0.530. The molecule has 1 fully saturated rings. The van der Waals surface area contributed by atoms with Gasteiger partial charge in [-0.1, -0.05) is 36.5 Å². The zero-order valence-corrected chi connectivity index (χ0v) is 16.7. The van der Waals surface area contributed by atoms with E-state index >= 15 is 0 Å². The van der Waals surface area contributed by atoms with Crippen LogP contribution in [0.15, 0.2) is 18.2 Å². The highest BCUT2D eigenvalue weighted by molar-refractivity contribution is 6.42. The number of rotatable bonds is 7. The minimum atomic E-state index is -1.82. The van der Waals surface area contributed by atoms with E-state index in [-0.39, 0.29) is 0 Å². The molecule has 0 aromatic heterocycles. The maximum atomic E-state index is 9.10. The van der Waals surface area contributed by atoms with Crippen LogP contribution in [0.2, 0.25) is 10.0 Å². The minimum Gasteiger partial charge on any atom is -0.493 e. The van der Waals surface area contributed by atoms with Gasteiger partial charge in [0.2, 0.25) is 0 Å². The maximum absolute atomic E-state index is 9.10. The molecule has 0 amide bonds. The third-order valence-electron chi connectivity index (χ3n) is 3.88. The van der Waals surface area contributed by atoms with Crippen LogP contribution in [-0.2, 0) is 14.3 Å². The van der Waals surface area contributed by atoms with Crippen LogP contribution in [0.4, 0.5) is 0 Å². The first-order valence-electron chi connectivity index (χ1n) is 8.67. The van der Waals surface area contributed by atoms with Gasteiger partial charge in [-0.15, -0.1) is 0 Å². The van der Waals surface area contributed by atoms with Crippen molar-refractivity contribution in [3.63, 3.8) is 0 Å². The van der Waals surface area contributed by atoms with E-state index in [0.717, 1.165) is 38.6 Å². The number of ether oxygens (including phenoxy) is 2. The van der Waals surface area contributed by atoms with Crippen LogP contribution in [0, 0.1) is 5.92 Å². The summed E-state index contributed by atoms with van der Waals surface area (Å²) in [4.78, 5) is 20.7. The van der Waals surface area contributed by atoms with Crippen LogP contribution in [-0.4, -0.2) is 66.5 Å². The molecule has 9 heteroatoms. The van der Waals surface area contributed by atoms with E-state index in [0.29, 0.717) is 22.6 Å². The predicted octanol–water partition coefficient (Wildman–Crippen LogP) is 3.28. The van der Waals surface area contributed by atoms with Crippen molar-refractivity contribution in [3.05, 3.63) is 28.2 Å². The van der Waals surface area contributed by atoms with E-state index in [2.05, 4.69) is 11.8 Å². The van der Waals surface area contributed by atoms with E-state index in [1.165, 1.54) is 12.8 Å². The summed E-state index contributed by atoms with van der Waals surface area (Å²) in [6.07, 6.45) is 2.33. The smallest absolute Gasteiger partial charge is 0.414 e. The van der Waals surface area contributed by atoms with Crippen LogP contribution < -0.4 is 4.74 Å². The number of hydrogen-bond donors (Lipinski definition) is 2. The highest BCUT2D eigenvalue weighted by atomic mass is 35.5. The lowest BCUT2D eigenvalue weighted by Crippen LogP contribution is -2.40.